The fourth-order valence-electron chi connectivity index (χ4n) is 2.38. The third kappa shape index (κ3) is 4.44. The van der Waals surface area contributed by atoms with Crippen LogP contribution in [0.3, 0.4) is 0 Å². The third-order valence-electron chi connectivity index (χ3n) is 3.64. The number of carbonyl (C=O) groups excluding carboxylic acids is 1. The fourth-order valence-corrected chi connectivity index (χ4v) is 4.11. The predicted octanol–water partition coefficient (Wildman–Crippen LogP) is 4.18. The van der Waals surface area contributed by atoms with Crippen LogP contribution in [0.1, 0.15) is 0 Å². The summed E-state index contributed by atoms with van der Waals surface area (Å²) < 4.78 is 0.520. The first-order chi connectivity index (χ1) is 14.1. The number of hydrogen-bond acceptors (Lipinski definition) is 9. The molecule has 4 aromatic rings. The number of nitrogens with zero attached hydrogens (tertiary/aromatic N) is 5. The third-order valence-corrected chi connectivity index (χ3v) is 5.54. The van der Waals surface area contributed by atoms with Crippen molar-refractivity contribution in [3.8, 4) is 0 Å². The van der Waals surface area contributed by atoms with E-state index in [0.717, 1.165) is 11.3 Å². The molecule has 0 bridgehead atoms. The van der Waals surface area contributed by atoms with E-state index in [1.165, 1.54) is 30.2 Å². The molecule has 2 aromatic carbocycles. The Morgan fingerprint density at radius 1 is 1.07 bits per heavy atom. The van der Waals surface area contributed by atoms with Gasteiger partial charge in [-0.05, 0) is 30.0 Å². The molecule has 0 aliphatic heterocycles. The molecule has 0 saturated carbocycles. The van der Waals surface area contributed by atoms with Gasteiger partial charge in [0.05, 0.1) is 10.4 Å². The van der Waals surface area contributed by atoms with Gasteiger partial charge in [0.1, 0.15) is 11.4 Å². The number of benzene rings is 2. The van der Waals surface area contributed by atoms with Crippen LogP contribution in [-0.2, 0) is 0 Å². The number of nitrogens with one attached hydrogen (secondary N) is 2. The van der Waals surface area contributed by atoms with Crippen molar-refractivity contribution in [2.75, 3.05) is 10.6 Å². The zero-order valence-electron chi connectivity index (χ0n) is 14.5. The molecule has 2 N–H and O–H groups in total. The lowest BCUT2D eigenvalue weighted by atomic mass is 10.2. The first-order valence-electron chi connectivity index (χ1n) is 8.12. The monoisotopic (exact) mass is 425 g/mol. The largest absolute Gasteiger partial charge is 0.325 e. The molecule has 2 heterocycles. The van der Waals surface area contributed by atoms with Gasteiger partial charge in [-0.3, -0.25) is 15.4 Å². The molecule has 0 saturated heterocycles. The van der Waals surface area contributed by atoms with E-state index in [-0.39, 0.29) is 5.69 Å². The van der Waals surface area contributed by atoms with E-state index < -0.39 is 11.0 Å². The highest BCUT2D eigenvalue weighted by Gasteiger charge is 2.15. The van der Waals surface area contributed by atoms with Crippen molar-refractivity contribution in [2.45, 2.75) is 9.37 Å². The number of urea groups is 1. The molecule has 10 nitrogen and oxygen atoms in total. The minimum atomic E-state index is -0.473. The first kappa shape index (κ1) is 18.7. The van der Waals surface area contributed by atoms with Gasteiger partial charge < -0.3 is 5.32 Å². The number of nitro benzene ring substituents is 1. The Kier molecular flexibility index (Phi) is 5.27. The summed E-state index contributed by atoms with van der Waals surface area (Å²) >= 11 is 2.35. The maximum absolute atomic E-state index is 12.1. The maximum atomic E-state index is 12.1. The molecule has 4 rings (SSSR count). The molecule has 2 amide bonds. The van der Waals surface area contributed by atoms with Crippen LogP contribution in [0.25, 0.3) is 10.9 Å². The van der Waals surface area contributed by atoms with E-state index >= 15 is 0 Å². The van der Waals surface area contributed by atoms with Gasteiger partial charge in [-0.2, -0.15) is 0 Å². The number of rotatable bonds is 5. The molecule has 0 aliphatic rings. The summed E-state index contributed by atoms with van der Waals surface area (Å²) in [6.07, 6.45) is 1.38. The number of fused-ring (bicyclic) bond motifs is 1. The lowest BCUT2D eigenvalue weighted by Gasteiger charge is -2.04. The highest BCUT2D eigenvalue weighted by atomic mass is 32.2. The smallest absolute Gasteiger partial charge is 0.308 e. The highest BCUT2D eigenvalue weighted by molar-refractivity contribution is 8.01. The average molecular weight is 425 g/mol. The molecule has 2 aromatic heterocycles. The van der Waals surface area contributed by atoms with Gasteiger partial charge in [-0.1, -0.05) is 29.5 Å². The second-order valence-corrected chi connectivity index (χ2v) is 7.77. The van der Waals surface area contributed by atoms with Gasteiger partial charge in [0, 0.05) is 23.2 Å². The number of anilines is 2. The number of nitro groups is 1. The molecular formula is C17H11N7O3S2. The highest BCUT2D eigenvalue weighted by Crippen LogP contribution is 2.35. The molecule has 0 spiro atoms. The minimum Gasteiger partial charge on any atom is -0.308 e. The van der Waals surface area contributed by atoms with Crippen LogP contribution >= 0.6 is 23.1 Å². The molecule has 29 heavy (non-hydrogen) atoms. The molecule has 0 unspecified atom stereocenters. The van der Waals surface area contributed by atoms with Crippen LogP contribution in [0, 0.1) is 10.1 Å². The summed E-state index contributed by atoms with van der Waals surface area (Å²) in [5.74, 6) is 0. The van der Waals surface area contributed by atoms with Crippen LogP contribution in [0.5, 0.6) is 0 Å². The van der Waals surface area contributed by atoms with Crippen LogP contribution in [-0.4, -0.2) is 31.1 Å². The standard InChI is InChI=1S/C17H11N7O3S2/c25-15(20-10-4-2-1-3-5-10)21-16-22-23-17(29-16)28-14-12-8-11(24(26)27)6-7-13(12)18-9-19-14/h1-9H,(H2,20,21,22,25). The number of carbonyl (C=O) groups is 1. The van der Waals surface area contributed by atoms with Crippen molar-refractivity contribution in [3.05, 3.63) is 65.0 Å². The van der Waals surface area contributed by atoms with Crippen molar-refractivity contribution >= 4 is 56.5 Å². The van der Waals surface area contributed by atoms with E-state index in [0.29, 0.717) is 31.1 Å². The Balaban J connectivity index is 1.50. The summed E-state index contributed by atoms with van der Waals surface area (Å²) in [6, 6.07) is 12.9. The number of aromatic nitrogens is 4. The molecule has 0 fully saturated rings. The number of para-hydroxylation sites is 1. The van der Waals surface area contributed by atoms with Gasteiger partial charge >= 0.3 is 6.03 Å². The molecule has 0 radical (unpaired) electrons. The van der Waals surface area contributed by atoms with E-state index in [4.69, 9.17) is 0 Å². The Morgan fingerprint density at radius 3 is 2.69 bits per heavy atom. The van der Waals surface area contributed by atoms with E-state index in [1.54, 1.807) is 18.2 Å². The number of non-ortho nitro benzene ring substituents is 1. The molecular weight excluding hydrogens is 414 g/mol. The Hall–Kier alpha value is -3.64. The van der Waals surface area contributed by atoms with Crippen molar-refractivity contribution < 1.29 is 9.72 Å². The molecule has 0 atom stereocenters. The quantitative estimate of drug-likeness (QED) is 0.210. The van der Waals surface area contributed by atoms with Gasteiger partial charge in [0.15, 0.2) is 4.34 Å². The van der Waals surface area contributed by atoms with Gasteiger partial charge in [-0.25, -0.2) is 14.8 Å². The second-order valence-electron chi connectivity index (χ2n) is 5.56. The van der Waals surface area contributed by atoms with Crippen molar-refractivity contribution in [2.24, 2.45) is 0 Å². The van der Waals surface area contributed by atoms with Gasteiger partial charge in [0.25, 0.3) is 5.69 Å². The Morgan fingerprint density at radius 2 is 1.90 bits per heavy atom. The summed E-state index contributed by atoms with van der Waals surface area (Å²) in [7, 11) is 0. The van der Waals surface area contributed by atoms with Crippen molar-refractivity contribution in [3.63, 3.8) is 0 Å². The molecule has 144 valence electrons. The second kappa shape index (κ2) is 8.16. The van der Waals surface area contributed by atoms with Crippen LogP contribution in [0.15, 0.2) is 64.2 Å². The summed E-state index contributed by atoms with van der Waals surface area (Å²) in [4.78, 5) is 30.9. The van der Waals surface area contributed by atoms with Crippen LogP contribution in [0.4, 0.5) is 21.3 Å². The fraction of sp³-hybridized carbons (Fsp3) is 0. The van der Waals surface area contributed by atoms with E-state index in [2.05, 4.69) is 30.8 Å². The van der Waals surface area contributed by atoms with E-state index in [9.17, 15) is 14.9 Å². The minimum absolute atomic E-state index is 0.0497. The molecule has 12 heteroatoms. The lowest BCUT2D eigenvalue weighted by Crippen LogP contribution is -2.19. The van der Waals surface area contributed by atoms with Crippen LogP contribution < -0.4 is 10.6 Å². The van der Waals surface area contributed by atoms with Crippen molar-refractivity contribution in [1.82, 2.24) is 20.2 Å². The van der Waals surface area contributed by atoms with Crippen molar-refractivity contribution in [1.29, 1.82) is 0 Å². The topological polar surface area (TPSA) is 136 Å². The Labute approximate surface area is 171 Å². The summed E-state index contributed by atoms with van der Waals surface area (Å²) in [5, 5.41) is 25.7. The molecule has 0 aliphatic carbocycles. The summed E-state index contributed by atoms with van der Waals surface area (Å²) in [5.41, 5.74) is 1.18. The SMILES string of the molecule is O=C(Nc1ccccc1)Nc1nnc(Sc2ncnc3ccc([N+](=O)[O-])cc23)s1. The normalized spacial score (nSPS) is 10.6. The zero-order chi connectivity index (χ0) is 20.2. The Bertz CT molecular complexity index is 1200. The van der Waals surface area contributed by atoms with Gasteiger partial charge in [0.2, 0.25) is 5.13 Å². The number of hydrogen-bond donors (Lipinski definition) is 2. The zero-order valence-corrected chi connectivity index (χ0v) is 16.1. The maximum Gasteiger partial charge on any atom is 0.325 e. The summed E-state index contributed by atoms with van der Waals surface area (Å²) in [6.45, 7) is 0. The number of amides is 2. The predicted molar refractivity (Wildman–Crippen MR) is 109 cm³/mol. The van der Waals surface area contributed by atoms with Crippen LogP contribution in [0.2, 0.25) is 0 Å². The lowest BCUT2D eigenvalue weighted by molar-refractivity contribution is -0.384. The van der Waals surface area contributed by atoms with Gasteiger partial charge in [-0.15, -0.1) is 10.2 Å². The average Bonchev–Trinajstić information content (AvgIpc) is 3.15. The first-order valence-corrected chi connectivity index (χ1v) is 9.75. The van der Waals surface area contributed by atoms with E-state index in [1.807, 2.05) is 18.2 Å².